The van der Waals surface area contributed by atoms with Crippen molar-refractivity contribution in [3.63, 3.8) is 0 Å². The van der Waals surface area contributed by atoms with Gasteiger partial charge in [0.15, 0.2) is 0 Å². The van der Waals surface area contributed by atoms with Gasteiger partial charge in [0.1, 0.15) is 0 Å². The molecule has 2 unspecified atom stereocenters. The molecule has 1 aromatic rings. The summed E-state index contributed by atoms with van der Waals surface area (Å²) in [4.78, 5) is 1.60. The van der Waals surface area contributed by atoms with Crippen molar-refractivity contribution in [2.24, 2.45) is 0 Å². The van der Waals surface area contributed by atoms with Crippen LogP contribution in [0.5, 0.6) is 0 Å². The van der Waals surface area contributed by atoms with E-state index < -0.39 is 10.8 Å². The van der Waals surface area contributed by atoms with Crippen molar-refractivity contribution in [1.82, 2.24) is 0 Å². The van der Waals surface area contributed by atoms with Crippen LogP contribution >= 0.6 is 0 Å². The molecule has 5 heteroatoms. The second-order valence-electron chi connectivity index (χ2n) is 7.49. The molecule has 2 aliphatic carbocycles. The summed E-state index contributed by atoms with van der Waals surface area (Å²) in [6.07, 6.45) is 16.2. The Bertz CT molecular complexity index is 579. The van der Waals surface area contributed by atoms with Gasteiger partial charge in [-0.2, -0.15) is 0 Å². The van der Waals surface area contributed by atoms with Crippen LogP contribution in [0.25, 0.3) is 0 Å². The van der Waals surface area contributed by atoms with Crippen LogP contribution in [0, 0.1) is 61.4 Å². The van der Waals surface area contributed by atoms with E-state index in [0.717, 1.165) is 5.25 Å². The molecule has 0 spiro atoms. The van der Waals surface area contributed by atoms with Crippen molar-refractivity contribution < 1.29 is 26.0 Å². The summed E-state index contributed by atoms with van der Waals surface area (Å²) in [5.41, 5.74) is 1.20. The first-order valence-electron chi connectivity index (χ1n) is 9.43. The van der Waals surface area contributed by atoms with Gasteiger partial charge in [0.05, 0.1) is 0 Å². The first-order valence-corrected chi connectivity index (χ1v) is 12.4. The van der Waals surface area contributed by atoms with Crippen LogP contribution in [0.15, 0.2) is 30.3 Å². The van der Waals surface area contributed by atoms with Gasteiger partial charge in [-0.1, -0.05) is 0 Å². The molecule has 0 N–H and O–H groups in total. The van der Waals surface area contributed by atoms with Crippen molar-refractivity contribution in [3.05, 3.63) is 97.3 Å². The zero-order chi connectivity index (χ0) is 20.6. The van der Waals surface area contributed by atoms with Crippen molar-refractivity contribution in [3.8, 4) is 0 Å². The van der Waals surface area contributed by atoms with E-state index in [1.54, 1.807) is 7.11 Å². The van der Waals surface area contributed by atoms with E-state index in [4.69, 9.17) is 4.74 Å². The Morgan fingerprint density at radius 1 is 0.931 bits per heavy atom. The summed E-state index contributed by atoms with van der Waals surface area (Å²) in [5, 5.41) is 0.993. The first kappa shape index (κ1) is 27.4. The molecule has 156 valence electrons. The molecule has 0 heterocycles. The van der Waals surface area contributed by atoms with E-state index in [1.807, 2.05) is 83.9 Å². The minimum Gasteiger partial charge on any atom is -0.0312 e. The van der Waals surface area contributed by atoms with Gasteiger partial charge in [-0.25, -0.2) is 0 Å². The quantitative estimate of drug-likeness (QED) is 0.489. The van der Waals surface area contributed by atoms with E-state index in [-0.39, 0.29) is 42.9 Å². The standard InChI is InChI=1S/C19H25O2SSe.C5H5.Fe/c1-14(18(21-5)15-10-7-6-8-11-15)23-17-13-9-12-16(17)22(20)19(2,3)4;1-2-4-5-3-1;/h6-14,18H,1-5H3;1-5H;/q;;+2/t14?,18?,22-;;/m0../s1. The predicted molar refractivity (Wildman–Crippen MR) is 120 cm³/mol. The molecular formula is C24H30FeO2SSe+2. The van der Waals surface area contributed by atoms with Gasteiger partial charge in [-0.05, 0) is 32.1 Å². The normalized spacial score (nSPS) is 21.0. The Balaban J connectivity index is 0.000000610. The molecule has 0 saturated heterocycles. The summed E-state index contributed by atoms with van der Waals surface area (Å²) in [6.45, 7) is 8.30. The SMILES string of the molecule is COC(c1ccccc1)C(C)[Se][C]1[CH][CH][CH][C]1[S@](=O)C(C)(C)C.[CH]1[CH][CH][CH][CH]1.[Fe+2]. The van der Waals surface area contributed by atoms with E-state index in [1.165, 1.54) is 10.4 Å². The van der Waals surface area contributed by atoms with Crippen LogP contribution in [0.3, 0.4) is 0 Å². The summed E-state index contributed by atoms with van der Waals surface area (Å²) < 4.78 is 18.2. The molecule has 0 aliphatic heterocycles. The fourth-order valence-corrected chi connectivity index (χ4v) is 7.01. The van der Waals surface area contributed by atoms with Gasteiger partial charge in [-0.15, -0.1) is 0 Å². The zero-order valence-electron chi connectivity index (χ0n) is 17.6. The van der Waals surface area contributed by atoms with Gasteiger partial charge in [0.2, 0.25) is 0 Å². The number of hydrogen-bond acceptors (Lipinski definition) is 2. The van der Waals surface area contributed by atoms with Crippen LogP contribution in [-0.2, 0) is 32.6 Å². The van der Waals surface area contributed by atoms with Crippen molar-refractivity contribution in [2.75, 3.05) is 7.11 Å². The Morgan fingerprint density at radius 2 is 1.48 bits per heavy atom. The average molecular weight is 517 g/mol. The van der Waals surface area contributed by atoms with Gasteiger partial charge < -0.3 is 0 Å². The van der Waals surface area contributed by atoms with Crippen molar-refractivity contribution >= 4 is 25.8 Å². The van der Waals surface area contributed by atoms with Crippen LogP contribution in [0.2, 0.25) is 4.82 Å². The minimum absolute atomic E-state index is 0. The number of ether oxygens (including phenoxy) is 1. The monoisotopic (exact) mass is 518 g/mol. The molecular weight excluding hydrogens is 487 g/mol. The van der Waals surface area contributed by atoms with Crippen molar-refractivity contribution in [1.29, 1.82) is 0 Å². The van der Waals surface area contributed by atoms with Crippen LogP contribution in [0.4, 0.5) is 0 Å². The maximum absolute atomic E-state index is 12.7. The summed E-state index contributed by atoms with van der Waals surface area (Å²) >= 11 is 0.205. The summed E-state index contributed by atoms with van der Waals surface area (Å²) in [6, 6.07) is 10.3. The van der Waals surface area contributed by atoms with E-state index >= 15 is 0 Å². The smallest absolute Gasteiger partial charge is 0.0312 e. The average Bonchev–Trinajstić information content (AvgIpc) is 3.37. The Hall–Kier alpha value is 0.369. The molecule has 0 amide bonds. The Labute approximate surface area is 198 Å². The van der Waals surface area contributed by atoms with Crippen LogP contribution < -0.4 is 0 Å². The van der Waals surface area contributed by atoms with E-state index in [2.05, 4.69) is 25.5 Å². The topological polar surface area (TPSA) is 26.3 Å². The predicted octanol–water partition coefficient (Wildman–Crippen LogP) is 5.14. The maximum Gasteiger partial charge on any atom is 2.00 e. The third-order valence-electron chi connectivity index (χ3n) is 4.17. The minimum atomic E-state index is -0.982. The Kier molecular flexibility index (Phi) is 13.0. The first-order chi connectivity index (χ1) is 13.3. The zero-order valence-corrected chi connectivity index (χ0v) is 21.3. The molecule has 2 aliphatic rings. The fraction of sp³-hybridized carbons (Fsp3) is 0.333. The van der Waals surface area contributed by atoms with E-state index in [9.17, 15) is 4.21 Å². The fourth-order valence-electron chi connectivity index (χ4n) is 2.79. The molecule has 0 aromatic heterocycles. The number of benzene rings is 1. The summed E-state index contributed by atoms with van der Waals surface area (Å²) in [7, 11) is 0.785. The third kappa shape index (κ3) is 8.79. The van der Waals surface area contributed by atoms with Gasteiger partial charge in [0, 0.05) is 0 Å². The third-order valence-corrected chi connectivity index (χ3v) is 8.91. The molecule has 0 bridgehead atoms. The van der Waals surface area contributed by atoms with Crippen LogP contribution in [-0.4, -0.2) is 31.0 Å². The second-order valence-corrected chi connectivity index (χ2v) is 12.7. The van der Waals surface area contributed by atoms with Gasteiger partial charge in [-0.3, -0.25) is 0 Å². The molecule has 1 aromatic carbocycles. The number of rotatable bonds is 6. The molecule has 29 heavy (non-hydrogen) atoms. The molecule has 2 saturated carbocycles. The maximum atomic E-state index is 12.7. The molecule has 3 atom stereocenters. The summed E-state index contributed by atoms with van der Waals surface area (Å²) in [5.74, 6) is 0. The number of hydrogen-bond donors (Lipinski definition) is 0. The molecule has 2 fully saturated rings. The van der Waals surface area contributed by atoms with Gasteiger partial charge >= 0.3 is 167 Å². The molecule has 10 radical (unpaired) electrons. The van der Waals surface area contributed by atoms with E-state index in [0.29, 0.717) is 4.82 Å². The molecule has 2 nitrogen and oxygen atoms in total. The van der Waals surface area contributed by atoms with Crippen LogP contribution in [0.1, 0.15) is 39.4 Å². The van der Waals surface area contributed by atoms with Gasteiger partial charge in [0.25, 0.3) is 0 Å². The Morgan fingerprint density at radius 3 is 1.97 bits per heavy atom. The van der Waals surface area contributed by atoms with Crippen molar-refractivity contribution in [2.45, 2.75) is 43.4 Å². The second kappa shape index (κ2) is 13.7. The molecule has 3 rings (SSSR count). The largest absolute Gasteiger partial charge is 2.00 e. The number of methoxy groups -OCH3 is 1.